The molecular formula is C15H8F2O4. The number of alkyl halides is 2. The Morgan fingerprint density at radius 2 is 1.62 bits per heavy atom. The minimum Gasteiger partial charge on any atom is -0.474 e. The number of fused-ring (bicyclic) bond motifs is 3. The highest BCUT2D eigenvalue weighted by Gasteiger charge is 2.42. The summed E-state index contributed by atoms with van der Waals surface area (Å²) in [5.74, 6) is -3.07. The maximum Gasteiger partial charge on any atom is 0.501 e. The number of benzene rings is 2. The number of ketones is 1. The molecule has 4 nitrogen and oxygen atoms in total. The molecule has 0 amide bonds. The van der Waals surface area contributed by atoms with Crippen LogP contribution in [0.1, 0.15) is 15.9 Å². The number of carbonyl (C=O) groups excluding carboxylic acids is 1. The van der Waals surface area contributed by atoms with Crippen molar-refractivity contribution >= 4 is 11.8 Å². The molecule has 0 unspecified atom stereocenters. The Labute approximate surface area is 117 Å². The van der Waals surface area contributed by atoms with Crippen molar-refractivity contribution in [3.8, 4) is 16.9 Å². The van der Waals surface area contributed by atoms with Gasteiger partial charge in [0.1, 0.15) is 5.75 Å². The van der Waals surface area contributed by atoms with E-state index < -0.39 is 12.1 Å². The van der Waals surface area contributed by atoms with E-state index in [1.54, 1.807) is 24.3 Å². The molecule has 106 valence electrons. The molecule has 0 radical (unpaired) electrons. The lowest BCUT2D eigenvalue weighted by atomic mass is 10.1. The Balaban J connectivity index is 2.02. The van der Waals surface area contributed by atoms with Crippen LogP contribution in [0.5, 0.6) is 5.75 Å². The van der Waals surface area contributed by atoms with Gasteiger partial charge in [-0.15, -0.1) is 0 Å². The minimum absolute atomic E-state index is 0.217. The minimum atomic E-state index is -4.34. The highest BCUT2D eigenvalue weighted by molar-refractivity contribution is 6.21. The van der Waals surface area contributed by atoms with Crippen molar-refractivity contribution in [2.24, 2.45) is 0 Å². The molecule has 21 heavy (non-hydrogen) atoms. The lowest BCUT2D eigenvalue weighted by Gasteiger charge is -2.13. The van der Waals surface area contributed by atoms with E-state index in [0.29, 0.717) is 16.7 Å². The summed E-state index contributed by atoms with van der Waals surface area (Å²) in [6, 6.07) is 10.7. The van der Waals surface area contributed by atoms with Crippen LogP contribution in [0.25, 0.3) is 11.1 Å². The van der Waals surface area contributed by atoms with Gasteiger partial charge in [0.2, 0.25) is 0 Å². The second-order valence-corrected chi connectivity index (χ2v) is 4.51. The zero-order chi connectivity index (χ0) is 15.2. The summed E-state index contributed by atoms with van der Waals surface area (Å²) in [6.45, 7) is 0. The molecular weight excluding hydrogens is 282 g/mol. The number of hydrogen-bond donors (Lipinski definition) is 1. The molecule has 2 aromatic rings. The molecule has 0 saturated heterocycles. The first-order valence-electron chi connectivity index (χ1n) is 5.98. The Morgan fingerprint density at radius 1 is 1.00 bits per heavy atom. The van der Waals surface area contributed by atoms with Gasteiger partial charge in [0.05, 0.1) is 0 Å². The van der Waals surface area contributed by atoms with Crippen molar-refractivity contribution in [1.29, 1.82) is 0 Å². The van der Waals surface area contributed by atoms with Gasteiger partial charge < -0.3 is 9.84 Å². The third-order valence-corrected chi connectivity index (χ3v) is 3.19. The van der Waals surface area contributed by atoms with Crippen LogP contribution in [0.2, 0.25) is 0 Å². The van der Waals surface area contributed by atoms with Crippen LogP contribution >= 0.6 is 0 Å². The summed E-state index contributed by atoms with van der Waals surface area (Å²) in [7, 11) is 0. The zero-order valence-electron chi connectivity index (χ0n) is 10.5. The van der Waals surface area contributed by atoms with Gasteiger partial charge in [0, 0.05) is 11.1 Å². The molecule has 1 aliphatic rings. The number of hydrogen-bond acceptors (Lipinski definition) is 3. The third-order valence-electron chi connectivity index (χ3n) is 3.19. The number of carbonyl (C=O) groups is 2. The monoisotopic (exact) mass is 290 g/mol. The van der Waals surface area contributed by atoms with Crippen molar-refractivity contribution < 1.29 is 28.2 Å². The Hall–Kier alpha value is -2.76. The summed E-state index contributed by atoms with van der Waals surface area (Å²) < 4.78 is 30.2. The molecule has 0 aromatic heterocycles. The van der Waals surface area contributed by atoms with Crippen molar-refractivity contribution in [2.75, 3.05) is 0 Å². The summed E-state index contributed by atoms with van der Waals surface area (Å²) in [4.78, 5) is 22.5. The Bertz CT molecular complexity index is 768. The molecule has 0 atom stereocenters. The van der Waals surface area contributed by atoms with Gasteiger partial charge in [-0.2, -0.15) is 8.78 Å². The van der Waals surface area contributed by atoms with Crippen LogP contribution in [0, 0.1) is 0 Å². The molecule has 0 aliphatic heterocycles. The lowest BCUT2D eigenvalue weighted by Crippen LogP contribution is -2.34. The molecule has 0 fully saturated rings. The van der Waals surface area contributed by atoms with Crippen LogP contribution in [0.3, 0.4) is 0 Å². The average molecular weight is 290 g/mol. The number of ether oxygens (including phenoxy) is 1. The number of carboxylic acids is 1. The van der Waals surface area contributed by atoms with E-state index in [0.717, 1.165) is 6.07 Å². The molecule has 1 N–H and O–H groups in total. The topological polar surface area (TPSA) is 63.6 Å². The zero-order valence-corrected chi connectivity index (χ0v) is 10.5. The van der Waals surface area contributed by atoms with Crippen LogP contribution in [0.15, 0.2) is 42.5 Å². The largest absolute Gasteiger partial charge is 0.501 e. The Kier molecular flexibility index (Phi) is 2.76. The fraction of sp³-hybridized carbons (Fsp3) is 0.0667. The first-order chi connectivity index (χ1) is 9.90. The molecule has 0 bridgehead atoms. The molecule has 2 aromatic carbocycles. The average Bonchev–Trinajstić information content (AvgIpc) is 2.72. The summed E-state index contributed by atoms with van der Waals surface area (Å²) in [6.07, 6.45) is -4.34. The molecule has 6 heteroatoms. The van der Waals surface area contributed by atoms with E-state index in [-0.39, 0.29) is 17.1 Å². The van der Waals surface area contributed by atoms with Crippen molar-refractivity contribution in [2.45, 2.75) is 6.11 Å². The van der Waals surface area contributed by atoms with Crippen LogP contribution < -0.4 is 4.74 Å². The molecule has 0 spiro atoms. The van der Waals surface area contributed by atoms with E-state index in [9.17, 15) is 18.4 Å². The van der Waals surface area contributed by atoms with Gasteiger partial charge in [-0.05, 0) is 29.3 Å². The highest BCUT2D eigenvalue weighted by Crippen LogP contribution is 2.38. The Morgan fingerprint density at radius 3 is 2.29 bits per heavy atom. The van der Waals surface area contributed by atoms with E-state index in [4.69, 9.17) is 5.11 Å². The molecule has 1 aliphatic carbocycles. The van der Waals surface area contributed by atoms with Crippen molar-refractivity contribution in [3.05, 3.63) is 53.6 Å². The van der Waals surface area contributed by atoms with Crippen LogP contribution in [0.4, 0.5) is 8.78 Å². The maximum atomic E-state index is 13.0. The molecule has 0 saturated carbocycles. The van der Waals surface area contributed by atoms with Crippen molar-refractivity contribution in [1.82, 2.24) is 0 Å². The summed E-state index contributed by atoms with van der Waals surface area (Å²) in [5.41, 5.74) is 2.03. The number of rotatable bonds is 3. The second kappa shape index (κ2) is 4.37. The first kappa shape index (κ1) is 13.2. The SMILES string of the molecule is O=C1c2ccccc2-c2ccc(OC(F)(F)C(=O)O)cc21. The van der Waals surface area contributed by atoms with Gasteiger partial charge in [-0.25, -0.2) is 4.79 Å². The maximum absolute atomic E-state index is 13.0. The lowest BCUT2D eigenvalue weighted by molar-refractivity contribution is -0.210. The predicted octanol–water partition coefficient (Wildman–Crippen LogP) is 2.95. The second-order valence-electron chi connectivity index (χ2n) is 4.51. The van der Waals surface area contributed by atoms with Gasteiger partial charge in [-0.1, -0.05) is 24.3 Å². The van der Waals surface area contributed by atoms with Gasteiger partial charge >= 0.3 is 12.1 Å². The molecule has 3 rings (SSSR count). The molecule has 0 heterocycles. The van der Waals surface area contributed by atoms with E-state index >= 15 is 0 Å². The normalized spacial score (nSPS) is 12.8. The fourth-order valence-corrected chi connectivity index (χ4v) is 2.26. The van der Waals surface area contributed by atoms with E-state index in [2.05, 4.69) is 4.74 Å². The number of halogens is 2. The smallest absolute Gasteiger partial charge is 0.474 e. The van der Waals surface area contributed by atoms with Crippen molar-refractivity contribution in [3.63, 3.8) is 0 Å². The first-order valence-corrected chi connectivity index (χ1v) is 5.98. The predicted molar refractivity (Wildman–Crippen MR) is 68.5 cm³/mol. The van der Waals surface area contributed by atoms with Crippen LogP contribution in [-0.4, -0.2) is 23.0 Å². The quantitative estimate of drug-likeness (QED) is 0.805. The third kappa shape index (κ3) is 2.05. The summed E-state index contributed by atoms with van der Waals surface area (Å²) >= 11 is 0. The highest BCUT2D eigenvalue weighted by atomic mass is 19.3. The summed E-state index contributed by atoms with van der Waals surface area (Å²) in [5, 5.41) is 8.35. The van der Waals surface area contributed by atoms with Gasteiger partial charge in [-0.3, -0.25) is 4.79 Å². The van der Waals surface area contributed by atoms with E-state index in [1.807, 2.05) is 0 Å². The number of carboxylic acid groups (broad SMARTS) is 1. The van der Waals surface area contributed by atoms with E-state index in [1.165, 1.54) is 12.1 Å². The number of aliphatic carboxylic acids is 1. The van der Waals surface area contributed by atoms with Crippen LogP contribution in [-0.2, 0) is 4.79 Å². The van der Waals surface area contributed by atoms with Gasteiger partial charge in [0.25, 0.3) is 0 Å². The van der Waals surface area contributed by atoms with Gasteiger partial charge in [0.15, 0.2) is 5.78 Å². The standard InChI is InChI=1S/C15H8F2O4/c16-15(17,14(19)20)21-8-5-6-10-9-3-1-2-4-11(9)13(18)12(10)7-8/h1-7H,(H,19,20). The fourth-order valence-electron chi connectivity index (χ4n) is 2.26.